The summed E-state index contributed by atoms with van der Waals surface area (Å²) in [4.78, 5) is 12.5. The molecule has 142 valence electrons. The van der Waals surface area contributed by atoms with Crippen molar-refractivity contribution in [1.29, 1.82) is 0 Å². The van der Waals surface area contributed by atoms with Crippen molar-refractivity contribution in [1.82, 2.24) is 10.2 Å². The van der Waals surface area contributed by atoms with Gasteiger partial charge in [-0.3, -0.25) is 14.4 Å². The van der Waals surface area contributed by atoms with Gasteiger partial charge in [0, 0.05) is 5.25 Å². The fourth-order valence-electron chi connectivity index (χ4n) is 2.12. The minimum atomic E-state index is -3.76. The zero-order valence-electron chi connectivity index (χ0n) is 14.6. The molecule has 0 radical (unpaired) electrons. The Morgan fingerprint density at radius 3 is 2.38 bits per heavy atom. The number of aromatic nitrogens is 2. The van der Waals surface area contributed by atoms with Gasteiger partial charge in [-0.1, -0.05) is 36.9 Å². The van der Waals surface area contributed by atoms with E-state index in [-0.39, 0.29) is 10.8 Å². The lowest BCUT2D eigenvalue weighted by Crippen LogP contribution is -2.45. The lowest BCUT2D eigenvalue weighted by molar-refractivity contribution is -0.116. The maximum atomic E-state index is 13.1. The van der Waals surface area contributed by atoms with Crippen LogP contribution in [0.2, 0.25) is 0 Å². The summed E-state index contributed by atoms with van der Waals surface area (Å²) < 4.78 is 39.1. The molecular weight excluding hydrogens is 399 g/mol. The summed E-state index contributed by atoms with van der Waals surface area (Å²) in [6.45, 7) is 5.47. The SMILES string of the molecule is CC(C)Sc1nnc(NC(=O)C(C)N(c2ccc(F)cc2)S(C)(=O)=O)s1. The molecule has 0 saturated carbocycles. The van der Waals surface area contributed by atoms with Crippen LogP contribution < -0.4 is 9.62 Å². The van der Waals surface area contributed by atoms with Crippen molar-refractivity contribution in [2.24, 2.45) is 0 Å². The van der Waals surface area contributed by atoms with Crippen LogP contribution in [-0.2, 0) is 14.8 Å². The number of hydrogen-bond acceptors (Lipinski definition) is 7. The maximum absolute atomic E-state index is 13.1. The zero-order valence-corrected chi connectivity index (χ0v) is 17.1. The molecule has 0 bridgehead atoms. The fourth-order valence-corrected chi connectivity index (χ4v) is 5.27. The van der Waals surface area contributed by atoms with Gasteiger partial charge in [0.15, 0.2) is 4.34 Å². The quantitative estimate of drug-likeness (QED) is 0.549. The first-order valence-electron chi connectivity index (χ1n) is 7.64. The predicted octanol–water partition coefficient (Wildman–Crippen LogP) is 2.97. The summed E-state index contributed by atoms with van der Waals surface area (Å²) in [5.41, 5.74) is 0.199. The average molecular weight is 419 g/mol. The summed E-state index contributed by atoms with van der Waals surface area (Å²) in [7, 11) is -3.76. The molecule has 0 spiro atoms. The number of hydrogen-bond donors (Lipinski definition) is 1. The van der Waals surface area contributed by atoms with E-state index in [4.69, 9.17) is 0 Å². The van der Waals surface area contributed by atoms with Crippen LogP contribution in [0.15, 0.2) is 28.6 Å². The summed E-state index contributed by atoms with van der Waals surface area (Å²) >= 11 is 2.73. The lowest BCUT2D eigenvalue weighted by atomic mass is 10.2. The molecule has 0 aliphatic heterocycles. The van der Waals surface area contributed by atoms with Crippen molar-refractivity contribution >= 4 is 49.8 Å². The first kappa shape index (κ1) is 20.6. The molecule has 1 atom stereocenters. The molecular formula is C15H19FN4O3S3. The standard InChI is InChI=1S/C15H19FN4O3S3/c1-9(2)24-15-19-18-14(25-15)17-13(21)10(3)20(26(4,22)23)12-7-5-11(16)6-8-12/h5-10H,1-4H3,(H,17,18,21). The van der Waals surface area contributed by atoms with Crippen LogP contribution in [-0.4, -0.2) is 42.1 Å². The van der Waals surface area contributed by atoms with Crippen molar-refractivity contribution in [2.75, 3.05) is 15.9 Å². The van der Waals surface area contributed by atoms with E-state index in [0.29, 0.717) is 9.59 Å². The number of carbonyl (C=O) groups excluding carboxylic acids is 1. The van der Waals surface area contributed by atoms with E-state index in [1.807, 2.05) is 13.8 Å². The Morgan fingerprint density at radius 1 is 1.23 bits per heavy atom. The van der Waals surface area contributed by atoms with E-state index in [2.05, 4.69) is 15.5 Å². The van der Waals surface area contributed by atoms with Crippen molar-refractivity contribution in [3.05, 3.63) is 30.1 Å². The summed E-state index contributed by atoms with van der Waals surface area (Å²) in [6, 6.07) is 3.84. The van der Waals surface area contributed by atoms with Crippen molar-refractivity contribution in [2.45, 2.75) is 36.4 Å². The third-order valence-corrected chi connectivity index (χ3v) is 6.31. The van der Waals surface area contributed by atoms with Crippen LogP contribution in [0.5, 0.6) is 0 Å². The molecule has 0 fully saturated rings. The molecule has 0 saturated heterocycles. The number of carbonyl (C=O) groups is 1. The van der Waals surface area contributed by atoms with Crippen molar-refractivity contribution in [3.63, 3.8) is 0 Å². The van der Waals surface area contributed by atoms with E-state index in [9.17, 15) is 17.6 Å². The monoisotopic (exact) mass is 418 g/mol. The molecule has 2 aromatic rings. The average Bonchev–Trinajstić information content (AvgIpc) is 2.94. The Balaban J connectivity index is 2.19. The van der Waals surface area contributed by atoms with Crippen LogP contribution in [0.1, 0.15) is 20.8 Å². The molecule has 1 aromatic carbocycles. The molecule has 1 N–H and O–H groups in total. The van der Waals surface area contributed by atoms with Crippen LogP contribution in [0, 0.1) is 5.82 Å². The molecule has 1 amide bonds. The molecule has 11 heteroatoms. The van der Waals surface area contributed by atoms with E-state index < -0.39 is 27.8 Å². The number of nitrogens with one attached hydrogen (secondary N) is 1. The second-order valence-corrected chi connectivity index (χ2v) is 10.4. The molecule has 7 nitrogen and oxygen atoms in total. The minimum Gasteiger partial charge on any atom is -0.299 e. The van der Waals surface area contributed by atoms with Crippen LogP contribution in [0.3, 0.4) is 0 Å². The van der Waals surface area contributed by atoms with Crippen LogP contribution in [0.4, 0.5) is 15.2 Å². The highest BCUT2D eigenvalue weighted by Crippen LogP contribution is 2.29. The number of rotatable bonds is 7. The van der Waals surface area contributed by atoms with Gasteiger partial charge in [0.2, 0.25) is 21.1 Å². The molecule has 1 heterocycles. The van der Waals surface area contributed by atoms with Gasteiger partial charge < -0.3 is 0 Å². The van der Waals surface area contributed by atoms with Gasteiger partial charge in [-0.25, -0.2) is 12.8 Å². The minimum absolute atomic E-state index is 0.199. The first-order valence-corrected chi connectivity index (χ1v) is 11.2. The van der Waals surface area contributed by atoms with E-state index in [0.717, 1.165) is 22.7 Å². The van der Waals surface area contributed by atoms with E-state index >= 15 is 0 Å². The third kappa shape index (κ3) is 5.39. The largest absolute Gasteiger partial charge is 0.299 e. The highest BCUT2D eigenvalue weighted by atomic mass is 32.2. The number of amides is 1. The Kier molecular flexibility index (Phi) is 6.58. The van der Waals surface area contributed by atoms with Gasteiger partial charge in [-0.05, 0) is 31.2 Å². The van der Waals surface area contributed by atoms with Gasteiger partial charge in [0.05, 0.1) is 11.9 Å². The van der Waals surface area contributed by atoms with Gasteiger partial charge in [0.25, 0.3) is 0 Å². The van der Waals surface area contributed by atoms with Gasteiger partial charge in [0.1, 0.15) is 11.9 Å². The fraction of sp³-hybridized carbons (Fsp3) is 0.400. The Morgan fingerprint density at radius 2 is 1.85 bits per heavy atom. The number of nitrogens with zero attached hydrogens (tertiary/aromatic N) is 3. The normalized spacial score (nSPS) is 12.8. The third-order valence-electron chi connectivity index (χ3n) is 3.14. The topological polar surface area (TPSA) is 92.3 Å². The van der Waals surface area contributed by atoms with E-state index in [1.54, 1.807) is 0 Å². The highest BCUT2D eigenvalue weighted by Gasteiger charge is 2.29. The summed E-state index contributed by atoms with van der Waals surface area (Å²) in [5, 5.41) is 11.1. The highest BCUT2D eigenvalue weighted by molar-refractivity contribution is 8.01. The molecule has 0 aliphatic rings. The predicted molar refractivity (Wildman–Crippen MR) is 103 cm³/mol. The van der Waals surface area contributed by atoms with Crippen molar-refractivity contribution in [3.8, 4) is 0 Å². The Bertz CT molecular complexity index is 869. The van der Waals surface area contributed by atoms with Gasteiger partial charge in [-0.15, -0.1) is 10.2 Å². The van der Waals surface area contributed by atoms with Crippen LogP contribution >= 0.6 is 23.1 Å². The smallest absolute Gasteiger partial charge is 0.249 e. The Labute approximate surface area is 160 Å². The second kappa shape index (κ2) is 8.31. The number of thioether (sulfide) groups is 1. The molecule has 1 aromatic heterocycles. The molecule has 26 heavy (non-hydrogen) atoms. The Hall–Kier alpha value is -1.72. The maximum Gasteiger partial charge on any atom is 0.249 e. The first-order chi connectivity index (χ1) is 12.1. The number of benzene rings is 1. The number of halogens is 1. The number of anilines is 2. The van der Waals surface area contributed by atoms with Crippen molar-refractivity contribution < 1.29 is 17.6 Å². The molecule has 0 aliphatic carbocycles. The van der Waals surface area contributed by atoms with Gasteiger partial charge in [-0.2, -0.15) is 0 Å². The number of sulfonamides is 1. The molecule has 2 rings (SSSR count). The lowest BCUT2D eigenvalue weighted by Gasteiger charge is -2.27. The zero-order chi connectivity index (χ0) is 19.5. The van der Waals surface area contributed by atoms with Crippen LogP contribution in [0.25, 0.3) is 0 Å². The summed E-state index contributed by atoms with van der Waals surface area (Å²) in [5.74, 6) is -1.06. The van der Waals surface area contributed by atoms with Gasteiger partial charge >= 0.3 is 0 Å². The molecule has 1 unspecified atom stereocenters. The summed E-state index contributed by atoms with van der Waals surface area (Å²) in [6.07, 6.45) is 0.989. The second-order valence-electron chi connectivity index (χ2n) is 5.74. The van der Waals surface area contributed by atoms with E-state index in [1.165, 1.54) is 42.2 Å².